The van der Waals surface area contributed by atoms with Crippen LogP contribution >= 0.6 is 0 Å². The van der Waals surface area contributed by atoms with E-state index in [1.165, 1.54) is 6.42 Å². The molecule has 1 aliphatic heterocycles. The summed E-state index contributed by atoms with van der Waals surface area (Å²) in [5.74, 6) is 1.12. The van der Waals surface area contributed by atoms with Gasteiger partial charge < -0.3 is 10.5 Å². The van der Waals surface area contributed by atoms with Crippen LogP contribution in [0.2, 0.25) is 0 Å². The van der Waals surface area contributed by atoms with Crippen LogP contribution in [-0.2, 0) is 4.74 Å². The first-order valence-corrected chi connectivity index (χ1v) is 8.33. The van der Waals surface area contributed by atoms with Gasteiger partial charge in [0.1, 0.15) is 6.17 Å². The van der Waals surface area contributed by atoms with Crippen molar-refractivity contribution >= 4 is 0 Å². The van der Waals surface area contributed by atoms with Gasteiger partial charge in [-0.25, -0.2) is 4.39 Å². The van der Waals surface area contributed by atoms with Crippen molar-refractivity contribution in [3.63, 3.8) is 0 Å². The second-order valence-corrected chi connectivity index (χ2v) is 6.72. The zero-order valence-electron chi connectivity index (χ0n) is 13.1. The van der Waals surface area contributed by atoms with E-state index in [1.807, 2.05) is 0 Å². The molecule has 5 atom stereocenters. The van der Waals surface area contributed by atoms with E-state index in [2.05, 4.69) is 18.7 Å². The zero-order chi connectivity index (χ0) is 14.5. The van der Waals surface area contributed by atoms with Gasteiger partial charge in [0.2, 0.25) is 0 Å². The molecule has 0 spiro atoms. The van der Waals surface area contributed by atoms with E-state index in [0.29, 0.717) is 24.4 Å². The number of morpholine rings is 1. The molecule has 0 amide bonds. The Bertz CT molecular complexity index is 290. The first-order valence-electron chi connectivity index (χ1n) is 8.33. The van der Waals surface area contributed by atoms with Crippen molar-refractivity contribution < 1.29 is 9.13 Å². The first-order chi connectivity index (χ1) is 9.60. The molecule has 2 N–H and O–H groups in total. The van der Waals surface area contributed by atoms with Gasteiger partial charge in [-0.05, 0) is 50.5 Å². The van der Waals surface area contributed by atoms with E-state index in [9.17, 15) is 4.39 Å². The molecule has 1 aliphatic carbocycles. The quantitative estimate of drug-likeness (QED) is 0.844. The lowest BCUT2D eigenvalue weighted by molar-refractivity contribution is -0.0318. The molecule has 1 saturated carbocycles. The monoisotopic (exact) mass is 286 g/mol. The molecule has 4 heteroatoms. The Labute approximate surface area is 123 Å². The molecule has 0 bridgehead atoms. The van der Waals surface area contributed by atoms with E-state index in [0.717, 1.165) is 45.5 Å². The molecule has 118 valence electrons. The van der Waals surface area contributed by atoms with E-state index >= 15 is 0 Å². The summed E-state index contributed by atoms with van der Waals surface area (Å²) in [4.78, 5) is 2.51. The molecular formula is C16H31FN2O. The van der Waals surface area contributed by atoms with Crippen LogP contribution in [0.3, 0.4) is 0 Å². The SMILES string of the molecule is CCC1CN(CCC(C)C2CC[C@H](N)[C@@H](F)C2)CCO1. The molecule has 20 heavy (non-hydrogen) atoms. The summed E-state index contributed by atoms with van der Waals surface area (Å²) in [6.45, 7) is 8.56. The predicted octanol–water partition coefficient (Wildman–Crippen LogP) is 2.59. The van der Waals surface area contributed by atoms with Crippen LogP contribution in [0, 0.1) is 11.8 Å². The minimum absolute atomic E-state index is 0.219. The number of rotatable bonds is 5. The van der Waals surface area contributed by atoms with Gasteiger partial charge in [0.15, 0.2) is 0 Å². The summed E-state index contributed by atoms with van der Waals surface area (Å²) in [5, 5.41) is 0. The lowest BCUT2D eigenvalue weighted by Gasteiger charge is -2.36. The molecule has 0 aromatic rings. The van der Waals surface area contributed by atoms with E-state index in [4.69, 9.17) is 10.5 Å². The average Bonchev–Trinajstić information content (AvgIpc) is 2.47. The van der Waals surface area contributed by atoms with Crippen molar-refractivity contribution in [3.8, 4) is 0 Å². The lowest BCUT2D eigenvalue weighted by atomic mass is 9.77. The lowest BCUT2D eigenvalue weighted by Crippen LogP contribution is -2.43. The fourth-order valence-electron chi connectivity index (χ4n) is 3.54. The molecule has 0 radical (unpaired) electrons. The molecule has 0 aromatic heterocycles. The second kappa shape index (κ2) is 7.71. The summed E-state index contributed by atoms with van der Waals surface area (Å²) < 4.78 is 19.4. The van der Waals surface area contributed by atoms with Gasteiger partial charge in [0, 0.05) is 19.1 Å². The van der Waals surface area contributed by atoms with Crippen molar-refractivity contribution in [3.05, 3.63) is 0 Å². The smallest absolute Gasteiger partial charge is 0.115 e. The molecule has 3 unspecified atom stereocenters. The number of alkyl halides is 1. The van der Waals surface area contributed by atoms with Gasteiger partial charge in [-0.3, -0.25) is 4.90 Å². The standard InChI is InChI=1S/C16H31FN2O/c1-3-14-11-19(8-9-20-14)7-6-12(2)13-4-5-16(18)15(17)10-13/h12-16H,3-11,18H2,1-2H3/t12?,13?,14?,15-,16-/m0/s1. The van der Waals surface area contributed by atoms with Crippen LogP contribution in [0.15, 0.2) is 0 Å². The Morgan fingerprint density at radius 3 is 2.90 bits per heavy atom. The number of halogens is 1. The molecule has 1 heterocycles. The predicted molar refractivity (Wildman–Crippen MR) is 80.5 cm³/mol. The van der Waals surface area contributed by atoms with Gasteiger partial charge in [0.25, 0.3) is 0 Å². The van der Waals surface area contributed by atoms with Crippen molar-refractivity contribution in [1.82, 2.24) is 4.90 Å². The molecule has 3 nitrogen and oxygen atoms in total. The van der Waals surface area contributed by atoms with Gasteiger partial charge in [-0.15, -0.1) is 0 Å². The molecule has 2 rings (SSSR count). The molecule has 2 aliphatic rings. The maximum atomic E-state index is 13.7. The number of ether oxygens (including phenoxy) is 1. The second-order valence-electron chi connectivity index (χ2n) is 6.72. The van der Waals surface area contributed by atoms with Crippen molar-refractivity contribution in [2.45, 2.75) is 64.3 Å². The third-order valence-corrected chi connectivity index (χ3v) is 5.25. The Morgan fingerprint density at radius 1 is 1.40 bits per heavy atom. The largest absolute Gasteiger partial charge is 0.376 e. The average molecular weight is 286 g/mol. The highest BCUT2D eigenvalue weighted by Crippen LogP contribution is 2.33. The highest BCUT2D eigenvalue weighted by molar-refractivity contribution is 4.85. The third kappa shape index (κ3) is 4.40. The van der Waals surface area contributed by atoms with Crippen molar-refractivity contribution in [1.29, 1.82) is 0 Å². The third-order valence-electron chi connectivity index (χ3n) is 5.25. The van der Waals surface area contributed by atoms with Crippen LogP contribution in [-0.4, -0.2) is 49.5 Å². The van der Waals surface area contributed by atoms with E-state index in [1.54, 1.807) is 0 Å². The molecule has 0 aromatic carbocycles. The molecule has 2 fully saturated rings. The first kappa shape index (κ1) is 16.2. The van der Waals surface area contributed by atoms with Gasteiger partial charge in [0.05, 0.1) is 12.7 Å². The van der Waals surface area contributed by atoms with Gasteiger partial charge >= 0.3 is 0 Å². The maximum Gasteiger partial charge on any atom is 0.115 e. The van der Waals surface area contributed by atoms with Gasteiger partial charge in [-0.2, -0.15) is 0 Å². The summed E-state index contributed by atoms with van der Waals surface area (Å²) in [7, 11) is 0. The minimum atomic E-state index is -0.788. The highest BCUT2D eigenvalue weighted by Gasteiger charge is 2.31. The summed E-state index contributed by atoms with van der Waals surface area (Å²) in [5.41, 5.74) is 5.76. The fourth-order valence-corrected chi connectivity index (χ4v) is 3.54. The van der Waals surface area contributed by atoms with Crippen LogP contribution < -0.4 is 5.73 Å². The summed E-state index contributed by atoms with van der Waals surface area (Å²) in [6, 6.07) is -0.219. The Balaban J connectivity index is 1.70. The van der Waals surface area contributed by atoms with Crippen molar-refractivity contribution in [2.75, 3.05) is 26.2 Å². The van der Waals surface area contributed by atoms with E-state index < -0.39 is 6.17 Å². The normalized spacial score (nSPS) is 37.8. The number of nitrogens with two attached hydrogens (primary N) is 1. The molecule has 1 saturated heterocycles. The number of hydrogen-bond acceptors (Lipinski definition) is 3. The van der Waals surface area contributed by atoms with Gasteiger partial charge in [-0.1, -0.05) is 13.8 Å². The Hall–Kier alpha value is -0.190. The number of hydrogen-bond donors (Lipinski definition) is 1. The summed E-state index contributed by atoms with van der Waals surface area (Å²) in [6.07, 6.45) is 4.50. The maximum absolute atomic E-state index is 13.7. The van der Waals surface area contributed by atoms with Crippen LogP contribution in [0.4, 0.5) is 4.39 Å². The van der Waals surface area contributed by atoms with Crippen LogP contribution in [0.25, 0.3) is 0 Å². The fraction of sp³-hybridized carbons (Fsp3) is 1.00. The topological polar surface area (TPSA) is 38.5 Å². The zero-order valence-corrected chi connectivity index (χ0v) is 13.1. The minimum Gasteiger partial charge on any atom is -0.376 e. The van der Waals surface area contributed by atoms with Crippen LogP contribution in [0.1, 0.15) is 46.0 Å². The van der Waals surface area contributed by atoms with E-state index in [-0.39, 0.29) is 6.04 Å². The highest BCUT2D eigenvalue weighted by atomic mass is 19.1. The molecular weight excluding hydrogens is 255 g/mol. The Morgan fingerprint density at radius 2 is 2.20 bits per heavy atom. The van der Waals surface area contributed by atoms with Crippen molar-refractivity contribution in [2.24, 2.45) is 17.6 Å². The van der Waals surface area contributed by atoms with Crippen LogP contribution in [0.5, 0.6) is 0 Å². The number of nitrogens with zero attached hydrogens (tertiary/aromatic N) is 1. The Kier molecular flexibility index (Phi) is 6.24. The summed E-state index contributed by atoms with van der Waals surface area (Å²) >= 11 is 0.